The van der Waals surface area contributed by atoms with E-state index >= 15 is 0 Å². The van der Waals surface area contributed by atoms with Crippen molar-refractivity contribution in [3.8, 4) is 0 Å². The van der Waals surface area contributed by atoms with E-state index in [1.807, 2.05) is 26.0 Å². The second-order valence-electron chi connectivity index (χ2n) is 5.40. The summed E-state index contributed by atoms with van der Waals surface area (Å²) in [5.41, 5.74) is 8.09. The van der Waals surface area contributed by atoms with Crippen LogP contribution in [0.3, 0.4) is 0 Å². The number of nitrogens with two attached hydrogens (primary N) is 1. The maximum atomic E-state index is 5.89. The second-order valence-corrected chi connectivity index (χ2v) is 5.40. The smallest absolute Gasteiger partial charge is 0.228 e. The van der Waals surface area contributed by atoms with Crippen molar-refractivity contribution in [3.05, 3.63) is 41.5 Å². The van der Waals surface area contributed by atoms with Gasteiger partial charge < -0.3 is 15.6 Å². The lowest BCUT2D eigenvalue weighted by atomic mass is 10.1. The molecule has 126 valence electrons. The standard InChI is InChI=1S/C16H23N5O.HI/c1-4-12-6-5-7-13(10-12)19-16(17)18-9-8-14-20-15(11(2)3)21-22-14;/h5-7,10-11H,4,8-9H2,1-3H3,(H3,17,18,19);1H. The molecule has 0 aliphatic heterocycles. The third kappa shape index (κ3) is 6.17. The van der Waals surface area contributed by atoms with Gasteiger partial charge >= 0.3 is 0 Å². The topological polar surface area (TPSA) is 89.3 Å². The van der Waals surface area contributed by atoms with E-state index in [1.54, 1.807) is 0 Å². The first-order valence-corrected chi connectivity index (χ1v) is 7.56. The Morgan fingerprint density at radius 3 is 2.83 bits per heavy atom. The molecule has 6 nitrogen and oxygen atoms in total. The van der Waals surface area contributed by atoms with Gasteiger partial charge in [0.25, 0.3) is 0 Å². The summed E-state index contributed by atoms with van der Waals surface area (Å²) >= 11 is 0. The van der Waals surface area contributed by atoms with E-state index in [0.29, 0.717) is 24.8 Å². The van der Waals surface area contributed by atoms with Gasteiger partial charge in [0.05, 0.1) is 6.54 Å². The summed E-state index contributed by atoms with van der Waals surface area (Å²) in [6, 6.07) is 8.12. The second kappa shape index (κ2) is 9.49. The molecule has 0 fully saturated rings. The lowest BCUT2D eigenvalue weighted by Crippen LogP contribution is -2.23. The predicted molar refractivity (Wildman–Crippen MR) is 103 cm³/mol. The Kier molecular flexibility index (Phi) is 8.01. The van der Waals surface area contributed by atoms with Crippen LogP contribution in [0.2, 0.25) is 0 Å². The quantitative estimate of drug-likeness (QED) is 0.418. The molecule has 1 aromatic heterocycles. The molecule has 0 unspecified atom stereocenters. The molecule has 1 heterocycles. The molecule has 23 heavy (non-hydrogen) atoms. The van der Waals surface area contributed by atoms with Crippen molar-refractivity contribution in [2.24, 2.45) is 10.7 Å². The van der Waals surface area contributed by atoms with E-state index < -0.39 is 0 Å². The molecule has 0 saturated heterocycles. The number of halogens is 1. The van der Waals surface area contributed by atoms with Crippen molar-refractivity contribution in [3.63, 3.8) is 0 Å². The van der Waals surface area contributed by atoms with E-state index in [1.165, 1.54) is 5.56 Å². The van der Waals surface area contributed by atoms with Crippen LogP contribution in [0.5, 0.6) is 0 Å². The summed E-state index contributed by atoms with van der Waals surface area (Å²) in [6.45, 7) is 6.68. The lowest BCUT2D eigenvalue weighted by molar-refractivity contribution is 0.372. The molecule has 0 bridgehead atoms. The molecule has 1 aromatic carbocycles. The first-order valence-electron chi connectivity index (χ1n) is 7.56. The van der Waals surface area contributed by atoms with Crippen LogP contribution in [-0.2, 0) is 12.8 Å². The van der Waals surface area contributed by atoms with Crippen molar-refractivity contribution >= 4 is 35.6 Å². The third-order valence-electron chi connectivity index (χ3n) is 3.22. The van der Waals surface area contributed by atoms with Crippen molar-refractivity contribution in [1.29, 1.82) is 0 Å². The minimum atomic E-state index is 0. The Morgan fingerprint density at radius 1 is 1.39 bits per heavy atom. The highest BCUT2D eigenvalue weighted by Gasteiger charge is 2.08. The zero-order chi connectivity index (χ0) is 15.9. The molecule has 0 aliphatic carbocycles. The van der Waals surface area contributed by atoms with Crippen molar-refractivity contribution in [1.82, 2.24) is 10.1 Å². The van der Waals surface area contributed by atoms with Gasteiger partial charge in [-0.2, -0.15) is 4.98 Å². The van der Waals surface area contributed by atoms with Crippen LogP contribution in [0.25, 0.3) is 0 Å². The number of nitrogens with one attached hydrogen (secondary N) is 1. The number of anilines is 1. The highest BCUT2D eigenvalue weighted by atomic mass is 127. The molecule has 0 radical (unpaired) electrons. The Bertz CT molecular complexity index is 639. The van der Waals surface area contributed by atoms with Gasteiger partial charge in [0.1, 0.15) is 0 Å². The molecular weight excluding hydrogens is 405 g/mol. The summed E-state index contributed by atoms with van der Waals surface area (Å²) in [5, 5.41) is 7.01. The fourth-order valence-corrected chi connectivity index (χ4v) is 1.93. The van der Waals surface area contributed by atoms with Crippen LogP contribution < -0.4 is 11.1 Å². The van der Waals surface area contributed by atoms with Gasteiger partial charge in [-0.15, -0.1) is 24.0 Å². The van der Waals surface area contributed by atoms with E-state index in [2.05, 4.69) is 39.5 Å². The zero-order valence-corrected chi connectivity index (χ0v) is 16.1. The maximum Gasteiger partial charge on any atom is 0.228 e. The number of hydrogen-bond acceptors (Lipinski definition) is 4. The van der Waals surface area contributed by atoms with Gasteiger partial charge in [0.15, 0.2) is 11.8 Å². The van der Waals surface area contributed by atoms with Crippen LogP contribution in [-0.4, -0.2) is 22.6 Å². The van der Waals surface area contributed by atoms with Gasteiger partial charge in [0.2, 0.25) is 5.89 Å². The summed E-state index contributed by atoms with van der Waals surface area (Å²) in [5.74, 6) is 1.96. The summed E-state index contributed by atoms with van der Waals surface area (Å²) < 4.78 is 5.16. The Labute approximate surface area is 154 Å². The fourth-order valence-electron chi connectivity index (χ4n) is 1.93. The van der Waals surface area contributed by atoms with E-state index in [9.17, 15) is 0 Å². The summed E-state index contributed by atoms with van der Waals surface area (Å²) in [4.78, 5) is 8.58. The van der Waals surface area contributed by atoms with Crippen molar-refractivity contribution < 1.29 is 4.52 Å². The third-order valence-corrected chi connectivity index (χ3v) is 3.22. The minimum absolute atomic E-state index is 0. The Morgan fingerprint density at radius 2 is 2.17 bits per heavy atom. The molecular formula is C16H24IN5O. The SMILES string of the molecule is CCc1cccc(NC(N)=NCCc2nc(C(C)C)no2)c1.I. The number of aromatic nitrogens is 2. The summed E-state index contributed by atoms with van der Waals surface area (Å²) in [6.07, 6.45) is 1.57. The number of guanidine groups is 1. The first-order chi connectivity index (χ1) is 10.6. The molecule has 0 spiro atoms. The van der Waals surface area contributed by atoms with Gasteiger partial charge in [-0.25, -0.2) is 0 Å². The number of nitrogens with zero attached hydrogens (tertiary/aromatic N) is 3. The Balaban J connectivity index is 0.00000264. The number of hydrogen-bond donors (Lipinski definition) is 2. The van der Waals surface area contributed by atoms with Gasteiger partial charge in [-0.3, -0.25) is 4.99 Å². The van der Waals surface area contributed by atoms with Gasteiger partial charge in [0, 0.05) is 18.0 Å². The van der Waals surface area contributed by atoms with Crippen molar-refractivity contribution in [2.75, 3.05) is 11.9 Å². The molecule has 2 rings (SSSR count). The molecule has 0 aliphatic rings. The monoisotopic (exact) mass is 429 g/mol. The van der Waals surface area contributed by atoms with Crippen LogP contribution >= 0.6 is 24.0 Å². The molecule has 3 N–H and O–H groups in total. The molecule has 0 atom stereocenters. The average Bonchev–Trinajstić information content (AvgIpc) is 2.96. The molecule has 0 saturated carbocycles. The fraction of sp³-hybridized carbons (Fsp3) is 0.438. The highest BCUT2D eigenvalue weighted by Crippen LogP contribution is 2.11. The van der Waals surface area contributed by atoms with Crippen LogP contribution in [0.15, 0.2) is 33.8 Å². The molecule has 2 aromatic rings. The predicted octanol–water partition coefficient (Wildman–Crippen LogP) is 3.34. The number of rotatable bonds is 6. The number of aryl methyl sites for hydroxylation is 1. The average molecular weight is 429 g/mol. The van der Waals surface area contributed by atoms with Crippen LogP contribution in [0.1, 0.15) is 44.0 Å². The van der Waals surface area contributed by atoms with Gasteiger partial charge in [-0.1, -0.05) is 38.1 Å². The largest absolute Gasteiger partial charge is 0.370 e. The minimum Gasteiger partial charge on any atom is -0.370 e. The van der Waals surface area contributed by atoms with Crippen LogP contribution in [0.4, 0.5) is 5.69 Å². The first kappa shape index (κ1) is 19.4. The van der Waals surface area contributed by atoms with Crippen LogP contribution in [0, 0.1) is 0 Å². The normalized spacial score (nSPS) is 11.4. The zero-order valence-electron chi connectivity index (χ0n) is 13.7. The number of aliphatic imine (C=N–C) groups is 1. The van der Waals surface area contributed by atoms with Crippen molar-refractivity contribution in [2.45, 2.75) is 39.5 Å². The maximum absolute atomic E-state index is 5.89. The molecule has 0 amide bonds. The molecule has 7 heteroatoms. The lowest BCUT2D eigenvalue weighted by Gasteiger charge is -2.06. The number of benzene rings is 1. The Hall–Kier alpha value is -1.64. The van der Waals surface area contributed by atoms with Gasteiger partial charge in [-0.05, 0) is 24.1 Å². The van der Waals surface area contributed by atoms with E-state index in [-0.39, 0.29) is 29.9 Å². The highest BCUT2D eigenvalue weighted by molar-refractivity contribution is 14.0. The van der Waals surface area contributed by atoms with E-state index in [4.69, 9.17) is 10.3 Å². The van der Waals surface area contributed by atoms with E-state index in [0.717, 1.165) is 17.9 Å². The summed E-state index contributed by atoms with van der Waals surface area (Å²) in [7, 11) is 0.